The van der Waals surface area contributed by atoms with Gasteiger partial charge in [-0.25, -0.2) is 0 Å². The highest BCUT2D eigenvalue weighted by molar-refractivity contribution is 6.35. The predicted octanol–water partition coefficient (Wildman–Crippen LogP) is 2.65. The van der Waals surface area contributed by atoms with Crippen LogP contribution in [-0.2, 0) is 4.74 Å². The quantitative estimate of drug-likeness (QED) is 0.893. The highest BCUT2D eigenvalue weighted by atomic mass is 35.5. The highest BCUT2D eigenvalue weighted by Crippen LogP contribution is 2.35. The minimum atomic E-state index is -0.304. The normalized spacial score (nSPS) is 12.6. The van der Waals surface area contributed by atoms with Crippen molar-refractivity contribution in [1.29, 1.82) is 0 Å². The molecule has 0 saturated carbocycles. The number of hydrogen-bond donors (Lipinski definition) is 1. The molecule has 0 aliphatic carbocycles. The molecule has 0 saturated heterocycles. The van der Waals surface area contributed by atoms with Gasteiger partial charge in [0.1, 0.15) is 5.75 Å². The van der Waals surface area contributed by atoms with E-state index < -0.39 is 0 Å². The average molecular weight is 250 g/mol. The maximum absolute atomic E-state index is 5.97. The number of rotatable bonds is 4. The van der Waals surface area contributed by atoms with E-state index in [2.05, 4.69) is 0 Å². The van der Waals surface area contributed by atoms with E-state index in [1.54, 1.807) is 19.2 Å². The van der Waals surface area contributed by atoms with Crippen LogP contribution < -0.4 is 10.5 Å². The first kappa shape index (κ1) is 12.6. The van der Waals surface area contributed by atoms with Gasteiger partial charge in [0, 0.05) is 17.7 Å². The third-order valence-electron chi connectivity index (χ3n) is 1.99. The first-order chi connectivity index (χ1) is 7.10. The van der Waals surface area contributed by atoms with Crippen molar-refractivity contribution in [1.82, 2.24) is 0 Å². The van der Waals surface area contributed by atoms with Crippen LogP contribution in [0.2, 0.25) is 10.0 Å². The van der Waals surface area contributed by atoms with Gasteiger partial charge in [-0.05, 0) is 12.1 Å². The third kappa shape index (κ3) is 2.98. The van der Waals surface area contributed by atoms with Crippen molar-refractivity contribution < 1.29 is 9.47 Å². The Morgan fingerprint density at radius 3 is 2.53 bits per heavy atom. The summed E-state index contributed by atoms with van der Waals surface area (Å²) in [6, 6.07) is 3.04. The Bertz CT molecular complexity index is 344. The van der Waals surface area contributed by atoms with Gasteiger partial charge in [0.15, 0.2) is 0 Å². The summed E-state index contributed by atoms with van der Waals surface area (Å²) in [6.45, 7) is 0.382. The van der Waals surface area contributed by atoms with Crippen molar-refractivity contribution >= 4 is 23.2 Å². The Hall–Kier alpha value is -0.480. The Kier molecular flexibility index (Phi) is 4.67. The van der Waals surface area contributed by atoms with Crippen LogP contribution in [0.3, 0.4) is 0 Å². The lowest BCUT2D eigenvalue weighted by Gasteiger charge is -2.16. The van der Waals surface area contributed by atoms with E-state index in [1.165, 1.54) is 7.11 Å². The van der Waals surface area contributed by atoms with Crippen molar-refractivity contribution in [2.24, 2.45) is 5.73 Å². The second-order valence-corrected chi connectivity index (χ2v) is 3.92. The summed E-state index contributed by atoms with van der Waals surface area (Å²) < 4.78 is 10.1. The topological polar surface area (TPSA) is 44.5 Å². The Labute approximate surface area is 99.1 Å². The van der Waals surface area contributed by atoms with Gasteiger partial charge in [-0.2, -0.15) is 0 Å². The summed E-state index contributed by atoms with van der Waals surface area (Å²) >= 11 is 11.9. The molecule has 0 aliphatic rings. The van der Waals surface area contributed by atoms with Gasteiger partial charge < -0.3 is 15.2 Å². The largest absolute Gasteiger partial charge is 0.495 e. The van der Waals surface area contributed by atoms with Crippen molar-refractivity contribution in [3.05, 3.63) is 27.7 Å². The zero-order chi connectivity index (χ0) is 11.4. The fraction of sp³-hybridized carbons (Fsp3) is 0.400. The van der Waals surface area contributed by atoms with Gasteiger partial charge in [-0.3, -0.25) is 0 Å². The van der Waals surface area contributed by atoms with Gasteiger partial charge in [-0.1, -0.05) is 23.2 Å². The number of nitrogens with two attached hydrogens (primary N) is 1. The first-order valence-electron chi connectivity index (χ1n) is 4.37. The number of methoxy groups -OCH3 is 2. The lowest BCUT2D eigenvalue weighted by atomic mass is 10.1. The van der Waals surface area contributed by atoms with Crippen molar-refractivity contribution in [3.8, 4) is 5.75 Å². The molecule has 1 aromatic carbocycles. The molecule has 3 nitrogen and oxygen atoms in total. The zero-order valence-corrected chi connectivity index (χ0v) is 10.1. The summed E-state index contributed by atoms with van der Waals surface area (Å²) in [5.74, 6) is 0.547. The maximum Gasteiger partial charge on any atom is 0.142 e. The summed E-state index contributed by atoms with van der Waals surface area (Å²) in [7, 11) is 3.12. The molecule has 0 aromatic heterocycles. The van der Waals surface area contributed by atoms with E-state index in [1.807, 2.05) is 0 Å². The molecule has 15 heavy (non-hydrogen) atoms. The molecule has 1 unspecified atom stereocenters. The van der Waals surface area contributed by atoms with Crippen LogP contribution in [0, 0.1) is 0 Å². The summed E-state index contributed by atoms with van der Waals surface area (Å²) in [6.07, 6.45) is 0. The first-order valence-corrected chi connectivity index (χ1v) is 5.13. The molecule has 84 valence electrons. The predicted molar refractivity (Wildman–Crippen MR) is 61.8 cm³/mol. The SMILES string of the molecule is COCC(N)c1cc(Cl)cc(Cl)c1OC. The van der Waals surface area contributed by atoms with Crippen LogP contribution in [-0.4, -0.2) is 20.8 Å². The third-order valence-corrected chi connectivity index (χ3v) is 2.49. The molecule has 0 bridgehead atoms. The van der Waals surface area contributed by atoms with Crippen LogP contribution in [0.15, 0.2) is 12.1 Å². The molecule has 0 aliphatic heterocycles. The van der Waals surface area contributed by atoms with E-state index in [9.17, 15) is 0 Å². The van der Waals surface area contributed by atoms with Gasteiger partial charge in [0.05, 0.1) is 24.8 Å². The molecule has 0 radical (unpaired) electrons. The summed E-state index contributed by atoms with van der Waals surface area (Å²) in [4.78, 5) is 0. The van der Waals surface area contributed by atoms with Crippen LogP contribution >= 0.6 is 23.2 Å². The van der Waals surface area contributed by atoms with Crippen LogP contribution in [0.5, 0.6) is 5.75 Å². The van der Waals surface area contributed by atoms with E-state index in [-0.39, 0.29) is 6.04 Å². The van der Waals surface area contributed by atoms with Gasteiger partial charge in [0.25, 0.3) is 0 Å². The molecular formula is C10H13Cl2NO2. The maximum atomic E-state index is 5.97. The fourth-order valence-corrected chi connectivity index (χ4v) is 1.93. The van der Waals surface area contributed by atoms with Gasteiger partial charge in [0.2, 0.25) is 0 Å². The minimum absolute atomic E-state index is 0.304. The zero-order valence-electron chi connectivity index (χ0n) is 8.59. The van der Waals surface area contributed by atoms with Crippen molar-refractivity contribution in [2.45, 2.75) is 6.04 Å². The summed E-state index contributed by atoms with van der Waals surface area (Å²) in [5, 5.41) is 0.980. The monoisotopic (exact) mass is 249 g/mol. The Balaban J connectivity index is 3.13. The molecule has 0 amide bonds. The number of ether oxygens (including phenoxy) is 2. The van der Waals surface area contributed by atoms with E-state index >= 15 is 0 Å². The molecule has 0 fully saturated rings. The molecule has 1 aromatic rings. The minimum Gasteiger partial charge on any atom is -0.495 e. The molecule has 0 heterocycles. The van der Waals surface area contributed by atoms with E-state index in [0.717, 1.165) is 5.56 Å². The van der Waals surface area contributed by atoms with E-state index in [4.69, 9.17) is 38.4 Å². The molecular weight excluding hydrogens is 237 g/mol. The number of hydrogen-bond acceptors (Lipinski definition) is 3. The smallest absolute Gasteiger partial charge is 0.142 e. The average Bonchev–Trinajstić information content (AvgIpc) is 2.17. The Morgan fingerprint density at radius 2 is 2.00 bits per heavy atom. The van der Waals surface area contributed by atoms with Crippen molar-refractivity contribution in [3.63, 3.8) is 0 Å². The standard InChI is InChI=1S/C10H13Cl2NO2/c1-14-5-9(13)7-3-6(11)4-8(12)10(7)15-2/h3-4,9H,5,13H2,1-2H3. The molecule has 1 rings (SSSR count). The van der Waals surface area contributed by atoms with Gasteiger partial charge >= 0.3 is 0 Å². The second-order valence-electron chi connectivity index (χ2n) is 3.07. The van der Waals surface area contributed by atoms with Gasteiger partial charge in [-0.15, -0.1) is 0 Å². The molecule has 1 atom stereocenters. The highest BCUT2D eigenvalue weighted by Gasteiger charge is 2.15. The van der Waals surface area contributed by atoms with E-state index in [0.29, 0.717) is 22.4 Å². The Morgan fingerprint density at radius 1 is 1.33 bits per heavy atom. The lowest BCUT2D eigenvalue weighted by Crippen LogP contribution is -2.17. The van der Waals surface area contributed by atoms with Crippen LogP contribution in [0.25, 0.3) is 0 Å². The van der Waals surface area contributed by atoms with Crippen LogP contribution in [0.1, 0.15) is 11.6 Å². The lowest BCUT2D eigenvalue weighted by molar-refractivity contribution is 0.179. The number of benzene rings is 1. The molecule has 5 heteroatoms. The number of halogens is 2. The molecule has 0 spiro atoms. The second kappa shape index (κ2) is 5.56. The molecule has 2 N–H and O–H groups in total. The summed E-state index contributed by atoms with van der Waals surface area (Å²) in [5.41, 5.74) is 6.64. The van der Waals surface area contributed by atoms with Crippen molar-refractivity contribution in [2.75, 3.05) is 20.8 Å². The fourth-order valence-electron chi connectivity index (χ4n) is 1.34. The van der Waals surface area contributed by atoms with Crippen LogP contribution in [0.4, 0.5) is 0 Å².